The Balaban J connectivity index is 1.43. The molecule has 3 rings (SSSR count). The molecule has 0 bridgehead atoms. The van der Waals surface area contributed by atoms with Gasteiger partial charge in [-0.1, -0.05) is 6.42 Å². The maximum Gasteiger partial charge on any atom is 0.223 e. The third-order valence-corrected chi connectivity index (χ3v) is 5.48. The Hall–Kier alpha value is -1.14. The molecule has 6 heteroatoms. The molecule has 0 aromatic heterocycles. The molecule has 23 heavy (non-hydrogen) atoms. The monoisotopic (exact) mass is 324 g/mol. The molecule has 130 valence electrons. The van der Waals surface area contributed by atoms with Gasteiger partial charge in [0.1, 0.15) is 6.10 Å². The van der Waals surface area contributed by atoms with Gasteiger partial charge in [-0.05, 0) is 44.9 Å². The summed E-state index contributed by atoms with van der Waals surface area (Å²) in [6.45, 7) is -0.129. The molecule has 1 heterocycles. The molecule has 0 unspecified atom stereocenters. The minimum absolute atomic E-state index is 0.0355. The number of hydrogen-bond donors (Lipinski definition) is 3. The molecular formula is C17H28N2O4. The molecule has 0 spiro atoms. The van der Waals surface area contributed by atoms with Gasteiger partial charge in [-0.3, -0.25) is 9.59 Å². The molecule has 6 nitrogen and oxygen atoms in total. The van der Waals surface area contributed by atoms with Crippen molar-refractivity contribution in [3.63, 3.8) is 0 Å². The molecule has 2 amide bonds. The lowest BCUT2D eigenvalue weighted by Crippen LogP contribution is -2.53. The van der Waals surface area contributed by atoms with Crippen LogP contribution in [0.2, 0.25) is 0 Å². The van der Waals surface area contributed by atoms with E-state index in [0.29, 0.717) is 12.5 Å². The normalized spacial score (nSPS) is 31.8. The highest BCUT2D eigenvalue weighted by molar-refractivity contribution is 5.79. The van der Waals surface area contributed by atoms with Crippen molar-refractivity contribution in [3.05, 3.63) is 0 Å². The standard InChI is InChI=1S/C17H28N2O4/c20-10-15-14(19-17(22)11-3-1-4-11)8-7-13(23-15)9-16(21)18-12-5-2-6-12/h11-15,20H,1-10H2,(H,18,21)(H,19,22)/t13-,14-,15+/m0/s1. The van der Waals surface area contributed by atoms with Crippen molar-refractivity contribution < 1.29 is 19.4 Å². The zero-order valence-electron chi connectivity index (χ0n) is 13.6. The maximum atomic E-state index is 12.1. The molecule has 0 radical (unpaired) electrons. The fourth-order valence-corrected chi connectivity index (χ4v) is 3.46. The largest absolute Gasteiger partial charge is 0.394 e. The highest BCUT2D eigenvalue weighted by Crippen LogP contribution is 2.28. The third kappa shape index (κ3) is 4.23. The van der Waals surface area contributed by atoms with Gasteiger partial charge in [0, 0.05) is 12.0 Å². The number of amides is 2. The van der Waals surface area contributed by atoms with Crippen LogP contribution >= 0.6 is 0 Å². The van der Waals surface area contributed by atoms with Crippen LogP contribution in [0.1, 0.15) is 57.8 Å². The van der Waals surface area contributed by atoms with Gasteiger partial charge in [-0.2, -0.15) is 0 Å². The molecule has 3 N–H and O–H groups in total. The van der Waals surface area contributed by atoms with E-state index in [9.17, 15) is 14.7 Å². The number of hydrogen-bond acceptors (Lipinski definition) is 4. The second-order valence-corrected chi connectivity index (χ2v) is 7.20. The average molecular weight is 324 g/mol. The van der Waals surface area contributed by atoms with Crippen LogP contribution in [-0.4, -0.2) is 47.8 Å². The van der Waals surface area contributed by atoms with Crippen molar-refractivity contribution in [1.82, 2.24) is 10.6 Å². The van der Waals surface area contributed by atoms with Crippen LogP contribution in [0.25, 0.3) is 0 Å². The quantitative estimate of drug-likeness (QED) is 0.676. The number of aliphatic hydroxyl groups excluding tert-OH is 1. The number of carbonyl (C=O) groups excluding carboxylic acids is 2. The fraction of sp³-hybridized carbons (Fsp3) is 0.882. The minimum Gasteiger partial charge on any atom is -0.394 e. The van der Waals surface area contributed by atoms with E-state index in [4.69, 9.17) is 4.74 Å². The summed E-state index contributed by atoms with van der Waals surface area (Å²) < 4.78 is 5.86. The van der Waals surface area contributed by atoms with Gasteiger partial charge in [0.05, 0.1) is 25.2 Å². The van der Waals surface area contributed by atoms with Crippen LogP contribution in [0.3, 0.4) is 0 Å². The Morgan fingerprint density at radius 1 is 1.00 bits per heavy atom. The summed E-state index contributed by atoms with van der Waals surface area (Å²) in [5, 5.41) is 15.6. The van der Waals surface area contributed by atoms with Crippen LogP contribution < -0.4 is 10.6 Å². The van der Waals surface area contributed by atoms with E-state index in [1.165, 1.54) is 6.42 Å². The van der Waals surface area contributed by atoms with Gasteiger partial charge in [-0.15, -0.1) is 0 Å². The van der Waals surface area contributed by atoms with Gasteiger partial charge in [-0.25, -0.2) is 0 Å². The smallest absolute Gasteiger partial charge is 0.223 e. The van der Waals surface area contributed by atoms with Crippen molar-refractivity contribution >= 4 is 11.8 Å². The number of carbonyl (C=O) groups is 2. The van der Waals surface area contributed by atoms with E-state index in [2.05, 4.69) is 10.6 Å². The van der Waals surface area contributed by atoms with Crippen LogP contribution in [0.15, 0.2) is 0 Å². The second kappa shape index (κ2) is 7.62. The molecule has 3 atom stereocenters. The molecular weight excluding hydrogens is 296 g/mol. The predicted octanol–water partition coefficient (Wildman–Crippen LogP) is 0.870. The number of rotatable bonds is 6. The van der Waals surface area contributed by atoms with E-state index in [1.807, 2.05) is 0 Å². The van der Waals surface area contributed by atoms with Crippen LogP contribution in [0.4, 0.5) is 0 Å². The SMILES string of the molecule is O=C(C[C@@H]1CC[C@H](NC(=O)C2CCC2)[C@@H](CO)O1)NC1CCC1. The molecule has 1 aliphatic heterocycles. The summed E-state index contributed by atoms with van der Waals surface area (Å²) in [6.07, 6.45) is 7.67. The fourth-order valence-electron chi connectivity index (χ4n) is 3.46. The van der Waals surface area contributed by atoms with E-state index >= 15 is 0 Å². The Morgan fingerprint density at radius 2 is 1.74 bits per heavy atom. The predicted molar refractivity (Wildman–Crippen MR) is 84.7 cm³/mol. The number of aliphatic hydroxyl groups is 1. The van der Waals surface area contributed by atoms with Crippen LogP contribution in [0, 0.1) is 5.92 Å². The third-order valence-electron chi connectivity index (χ3n) is 5.48. The summed E-state index contributed by atoms with van der Waals surface area (Å²) in [7, 11) is 0. The average Bonchev–Trinajstić information content (AvgIpc) is 2.42. The Morgan fingerprint density at radius 3 is 2.30 bits per heavy atom. The van der Waals surface area contributed by atoms with Crippen LogP contribution in [0.5, 0.6) is 0 Å². The Labute approximate surface area is 137 Å². The zero-order valence-corrected chi connectivity index (χ0v) is 13.6. The van der Waals surface area contributed by atoms with Gasteiger partial charge in [0.2, 0.25) is 11.8 Å². The molecule has 3 fully saturated rings. The van der Waals surface area contributed by atoms with E-state index in [-0.39, 0.29) is 36.5 Å². The van der Waals surface area contributed by atoms with Crippen molar-refractivity contribution in [1.29, 1.82) is 0 Å². The minimum atomic E-state index is -0.408. The van der Waals surface area contributed by atoms with Crippen molar-refractivity contribution in [3.8, 4) is 0 Å². The zero-order chi connectivity index (χ0) is 16.2. The summed E-state index contributed by atoms with van der Waals surface area (Å²) in [5.74, 6) is 0.262. The summed E-state index contributed by atoms with van der Waals surface area (Å²) in [5.41, 5.74) is 0. The highest BCUT2D eigenvalue weighted by atomic mass is 16.5. The first kappa shape index (κ1) is 16.7. The van der Waals surface area contributed by atoms with Gasteiger partial charge in [0.15, 0.2) is 0 Å². The Kier molecular flexibility index (Phi) is 5.54. The molecule has 0 aromatic rings. The van der Waals surface area contributed by atoms with Gasteiger partial charge in [0.25, 0.3) is 0 Å². The van der Waals surface area contributed by atoms with E-state index < -0.39 is 6.10 Å². The second-order valence-electron chi connectivity index (χ2n) is 7.20. The molecule has 1 saturated heterocycles. The lowest BCUT2D eigenvalue weighted by Gasteiger charge is -2.37. The Bertz CT molecular complexity index is 434. The first-order chi connectivity index (χ1) is 11.2. The summed E-state index contributed by atoms with van der Waals surface area (Å²) >= 11 is 0. The van der Waals surface area contributed by atoms with Gasteiger partial charge < -0.3 is 20.5 Å². The molecule has 0 aromatic carbocycles. The lowest BCUT2D eigenvalue weighted by atomic mass is 9.84. The topological polar surface area (TPSA) is 87.7 Å². The lowest BCUT2D eigenvalue weighted by molar-refractivity contribution is -0.139. The van der Waals surface area contributed by atoms with Crippen molar-refractivity contribution in [2.24, 2.45) is 5.92 Å². The summed E-state index contributed by atoms with van der Waals surface area (Å²) in [4.78, 5) is 24.0. The van der Waals surface area contributed by atoms with E-state index in [1.54, 1.807) is 0 Å². The van der Waals surface area contributed by atoms with Crippen LogP contribution in [-0.2, 0) is 14.3 Å². The number of ether oxygens (including phenoxy) is 1. The first-order valence-corrected chi connectivity index (χ1v) is 9.01. The molecule has 2 aliphatic carbocycles. The van der Waals surface area contributed by atoms with Crippen molar-refractivity contribution in [2.75, 3.05) is 6.61 Å². The van der Waals surface area contributed by atoms with Gasteiger partial charge >= 0.3 is 0 Å². The molecule has 3 aliphatic rings. The number of nitrogens with one attached hydrogen (secondary N) is 2. The van der Waals surface area contributed by atoms with Crippen molar-refractivity contribution in [2.45, 2.75) is 82.1 Å². The van der Waals surface area contributed by atoms with E-state index in [0.717, 1.165) is 44.9 Å². The highest BCUT2D eigenvalue weighted by Gasteiger charge is 2.35. The first-order valence-electron chi connectivity index (χ1n) is 9.01. The maximum absolute atomic E-state index is 12.1. The summed E-state index contributed by atoms with van der Waals surface area (Å²) in [6, 6.07) is 0.202. The molecule has 2 saturated carbocycles.